The third kappa shape index (κ3) is 3.23. The average molecular weight is 361 g/mol. The molecule has 4 rings (SSSR count). The second kappa shape index (κ2) is 6.30. The first-order valence-corrected chi connectivity index (χ1v) is 9.11. The molecule has 1 N–H and O–H groups in total. The van der Waals surface area contributed by atoms with Crippen LogP contribution in [-0.2, 0) is 6.42 Å². The Morgan fingerprint density at radius 1 is 1.07 bits per heavy atom. The number of hydrogen-bond acceptors (Lipinski definition) is 5. The van der Waals surface area contributed by atoms with Crippen LogP contribution in [0.15, 0.2) is 36.7 Å². The Labute approximate surface area is 158 Å². The first-order valence-electron chi connectivity index (χ1n) is 9.11. The lowest BCUT2D eigenvalue weighted by Gasteiger charge is -2.28. The van der Waals surface area contributed by atoms with E-state index in [0.717, 1.165) is 17.8 Å². The van der Waals surface area contributed by atoms with Crippen molar-refractivity contribution in [2.75, 3.05) is 5.32 Å². The van der Waals surface area contributed by atoms with Gasteiger partial charge in [0.25, 0.3) is 5.95 Å². The number of Topliss-reactive ketones (excluding diaryl/α,β-unsaturated/α-hetero) is 1. The Morgan fingerprint density at radius 2 is 1.81 bits per heavy atom. The van der Waals surface area contributed by atoms with Gasteiger partial charge in [0.15, 0.2) is 11.6 Å². The van der Waals surface area contributed by atoms with Crippen molar-refractivity contribution < 1.29 is 4.79 Å². The number of fused-ring (bicyclic) bond motifs is 1. The number of nitrogens with one attached hydrogen (secondary N) is 1. The highest BCUT2D eigenvalue weighted by Crippen LogP contribution is 2.39. The van der Waals surface area contributed by atoms with E-state index in [9.17, 15) is 4.79 Å². The van der Waals surface area contributed by atoms with E-state index in [1.807, 2.05) is 6.07 Å². The quantitative estimate of drug-likeness (QED) is 0.758. The van der Waals surface area contributed by atoms with Crippen molar-refractivity contribution in [1.29, 1.82) is 0 Å². The molecular weight excluding hydrogens is 338 g/mol. The molecule has 6 heteroatoms. The average Bonchev–Trinajstić information content (AvgIpc) is 2.96. The Morgan fingerprint density at radius 3 is 2.52 bits per heavy atom. The summed E-state index contributed by atoms with van der Waals surface area (Å²) < 4.78 is 1.71. The van der Waals surface area contributed by atoms with Gasteiger partial charge in [0, 0.05) is 24.5 Å². The van der Waals surface area contributed by atoms with Gasteiger partial charge in [-0.3, -0.25) is 4.79 Å². The molecule has 1 aromatic carbocycles. The van der Waals surface area contributed by atoms with Gasteiger partial charge in [0.2, 0.25) is 0 Å². The molecule has 6 nitrogen and oxygen atoms in total. The van der Waals surface area contributed by atoms with Crippen molar-refractivity contribution in [3.8, 4) is 5.95 Å². The molecule has 0 fully saturated rings. The molecule has 0 amide bonds. The number of nitrogens with zero attached hydrogens (tertiary/aromatic N) is 4. The molecule has 138 valence electrons. The minimum Gasteiger partial charge on any atom is -0.338 e. The van der Waals surface area contributed by atoms with Gasteiger partial charge in [-0.15, -0.1) is 5.10 Å². The summed E-state index contributed by atoms with van der Waals surface area (Å²) in [6.45, 7) is 8.36. The van der Waals surface area contributed by atoms with Crippen molar-refractivity contribution in [3.63, 3.8) is 0 Å². The molecule has 27 heavy (non-hydrogen) atoms. The molecule has 0 spiro atoms. The molecule has 2 heterocycles. The molecule has 0 saturated carbocycles. The Balaban J connectivity index is 1.84. The second-order valence-corrected chi connectivity index (χ2v) is 8.00. The summed E-state index contributed by atoms with van der Waals surface area (Å²) in [6.07, 6.45) is 4.61. The fourth-order valence-corrected chi connectivity index (χ4v) is 3.56. The van der Waals surface area contributed by atoms with Crippen molar-refractivity contribution in [1.82, 2.24) is 19.7 Å². The molecule has 1 aliphatic rings. The zero-order valence-corrected chi connectivity index (χ0v) is 16.1. The van der Waals surface area contributed by atoms with E-state index in [4.69, 9.17) is 0 Å². The molecule has 2 aromatic heterocycles. The van der Waals surface area contributed by atoms with Crippen molar-refractivity contribution in [2.24, 2.45) is 5.41 Å². The van der Waals surface area contributed by atoms with E-state index in [1.165, 1.54) is 11.1 Å². The number of ketones is 1. The summed E-state index contributed by atoms with van der Waals surface area (Å²) in [5.74, 6) is 1.16. The highest BCUT2D eigenvalue weighted by Gasteiger charge is 2.37. The topological polar surface area (TPSA) is 72.7 Å². The lowest BCUT2D eigenvalue weighted by atomic mass is 9.76. The number of aromatic nitrogens is 4. The smallest absolute Gasteiger partial charge is 0.250 e. The number of benzene rings is 1. The van der Waals surface area contributed by atoms with Crippen LogP contribution >= 0.6 is 0 Å². The van der Waals surface area contributed by atoms with E-state index >= 15 is 0 Å². The number of aryl methyl sites for hydroxylation is 2. The zero-order valence-electron chi connectivity index (χ0n) is 16.1. The van der Waals surface area contributed by atoms with E-state index < -0.39 is 0 Å². The van der Waals surface area contributed by atoms with Crippen molar-refractivity contribution in [3.05, 3.63) is 59.0 Å². The van der Waals surface area contributed by atoms with Crippen LogP contribution < -0.4 is 5.32 Å². The normalized spacial score (nSPS) is 15.5. The monoisotopic (exact) mass is 361 g/mol. The first kappa shape index (κ1) is 17.4. The highest BCUT2D eigenvalue weighted by molar-refractivity contribution is 6.03. The number of carbonyl (C=O) groups excluding carboxylic acids is 1. The van der Waals surface area contributed by atoms with Crippen LogP contribution in [0.3, 0.4) is 0 Å². The van der Waals surface area contributed by atoms with Gasteiger partial charge in [-0.1, -0.05) is 19.9 Å². The summed E-state index contributed by atoms with van der Waals surface area (Å²) in [5, 5.41) is 8.02. The van der Waals surface area contributed by atoms with Crippen LogP contribution in [0.4, 0.5) is 11.5 Å². The summed E-state index contributed by atoms with van der Waals surface area (Å²) in [6, 6.07) is 7.90. The van der Waals surface area contributed by atoms with Gasteiger partial charge in [0.05, 0.1) is 11.3 Å². The summed E-state index contributed by atoms with van der Waals surface area (Å²) in [5.41, 5.74) is 4.73. The van der Waals surface area contributed by atoms with E-state index in [-0.39, 0.29) is 11.2 Å². The van der Waals surface area contributed by atoms with Gasteiger partial charge >= 0.3 is 0 Å². The van der Waals surface area contributed by atoms with Gasteiger partial charge in [0.1, 0.15) is 0 Å². The highest BCUT2D eigenvalue weighted by atomic mass is 16.1. The molecule has 0 radical (unpaired) electrons. The van der Waals surface area contributed by atoms with Gasteiger partial charge in [-0.05, 0) is 55.0 Å². The van der Waals surface area contributed by atoms with Crippen LogP contribution in [0.2, 0.25) is 0 Å². The Hall–Kier alpha value is -3.02. The summed E-state index contributed by atoms with van der Waals surface area (Å²) in [7, 11) is 0. The molecule has 0 unspecified atom stereocenters. The third-order valence-corrected chi connectivity index (χ3v) is 5.06. The molecular formula is C21H23N5O. The van der Waals surface area contributed by atoms with Gasteiger partial charge in [-0.2, -0.15) is 0 Å². The SMILES string of the molecule is Cc1ccc(Nc2nn(-c3ncccn3)c3c2C(=O)CC(C)(C)C3)cc1C. The van der Waals surface area contributed by atoms with Crippen molar-refractivity contribution >= 4 is 17.3 Å². The summed E-state index contributed by atoms with van der Waals surface area (Å²) >= 11 is 0. The maximum Gasteiger partial charge on any atom is 0.250 e. The lowest BCUT2D eigenvalue weighted by Crippen LogP contribution is -2.28. The van der Waals surface area contributed by atoms with E-state index in [2.05, 4.69) is 60.2 Å². The second-order valence-electron chi connectivity index (χ2n) is 8.00. The van der Waals surface area contributed by atoms with E-state index in [1.54, 1.807) is 23.1 Å². The van der Waals surface area contributed by atoms with Crippen LogP contribution in [-0.4, -0.2) is 25.5 Å². The lowest BCUT2D eigenvalue weighted by molar-refractivity contribution is 0.0911. The molecule has 0 saturated heterocycles. The summed E-state index contributed by atoms with van der Waals surface area (Å²) in [4.78, 5) is 21.6. The molecule has 3 aromatic rings. The fraction of sp³-hybridized carbons (Fsp3) is 0.333. The standard InChI is InChI=1S/C21H23N5O/c1-13-6-7-15(10-14(13)2)24-19-18-16(11-21(3,4)12-17(18)27)26(25-19)20-22-8-5-9-23-20/h5-10H,11-12H2,1-4H3,(H,24,25). The van der Waals surface area contributed by atoms with Crippen LogP contribution in [0.25, 0.3) is 5.95 Å². The minimum absolute atomic E-state index is 0.106. The molecule has 0 aliphatic heterocycles. The minimum atomic E-state index is -0.117. The number of carbonyl (C=O) groups is 1. The van der Waals surface area contributed by atoms with Gasteiger partial charge in [-0.25, -0.2) is 14.6 Å². The maximum absolute atomic E-state index is 12.9. The molecule has 0 bridgehead atoms. The number of hydrogen-bond donors (Lipinski definition) is 1. The third-order valence-electron chi connectivity index (χ3n) is 5.06. The maximum atomic E-state index is 12.9. The zero-order chi connectivity index (χ0) is 19.2. The fourth-order valence-electron chi connectivity index (χ4n) is 3.56. The molecule has 0 atom stereocenters. The Kier molecular flexibility index (Phi) is 4.06. The van der Waals surface area contributed by atoms with E-state index in [0.29, 0.717) is 23.8 Å². The van der Waals surface area contributed by atoms with Gasteiger partial charge < -0.3 is 5.32 Å². The Bertz CT molecular complexity index is 1020. The first-order chi connectivity index (χ1) is 12.8. The molecule has 1 aliphatic carbocycles. The predicted molar refractivity (Wildman–Crippen MR) is 105 cm³/mol. The largest absolute Gasteiger partial charge is 0.338 e. The van der Waals surface area contributed by atoms with Crippen LogP contribution in [0.1, 0.15) is 47.4 Å². The number of rotatable bonds is 3. The van der Waals surface area contributed by atoms with Crippen molar-refractivity contribution in [2.45, 2.75) is 40.5 Å². The number of anilines is 2. The predicted octanol–water partition coefficient (Wildman–Crippen LogP) is 4.18. The van der Waals surface area contributed by atoms with Crippen LogP contribution in [0, 0.1) is 19.3 Å². The van der Waals surface area contributed by atoms with Crippen LogP contribution in [0.5, 0.6) is 0 Å².